The molecule has 2 atom stereocenters. The number of nitrogens with zero attached hydrogens (tertiary/aromatic N) is 1. The van der Waals surface area contributed by atoms with E-state index in [9.17, 15) is 13.5 Å². The SMILES string of the molecule is CCCNc1ccc(S(=O)(=O)N2CCC(C)C2CO)cc1. The van der Waals surface area contributed by atoms with Crippen LogP contribution in [0.15, 0.2) is 29.2 Å². The van der Waals surface area contributed by atoms with Crippen molar-refractivity contribution in [3.63, 3.8) is 0 Å². The lowest BCUT2D eigenvalue weighted by atomic mass is 10.0. The molecule has 1 aliphatic heterocycles. The zero-order chi connectivity index (χ0) is 15.5. The van der Waals surface area contributed by atoms with E-state index < -0.39 is 10.0 Å². The van der Waals surface area contributed by atoms with Crippen molar-refractivity contribution in [2.24, 2.45) is 5.92 Å². The second-order valence-electron chi connectivity index (χ2n) is 5.58. The van der Waals surface area contributed by atoms with Gasteiger partial charge in [0.05, 0.1) is 17.5 Å². The van der Waals surface area contributed by atoms with Gasteiger partial charge in [-0.3, -0.25) is 0 Å². The van der Waals surface area contributed by atoms with E-state index in [1.54, 1.807) is 24.3 Å². The van der Waals surface area contributed by atoms with Gasteiger partial charge >= 0.3 is 0 Å². The van der Waals surface area contributed by atoms with Crippen LogP contribution in [0.5, 0.6) is 0 Å². The molecule has 1 aromatic rings. The maximum Gasteiger partial charge on any atom is 0.243 e. The van der Waals surface area contributed by atoms with Gasteiger partial charge in [0.2, 0.25) is 10.0 Å². The summed E-state index contributed by atoms with van der Waals surface area (Å²) >= 11 is 0. The summed E-state index contributed by atoms with van der Waals surface area (Å²) in [6.07, 6.45) is 1.81. The maximum absolute atomic E-state index is 12.7. The van der Waals surface area contributed by atoms with Crippen LogP contribution in [0.2, 0.25) is 0 Å². The van der Waals surface area contributed by atoms with Crippen molar-refractivity contribution >= 4 is 15.7 Å². The molecule has 0 spiro atoms. The average Bonchev–Trinajstić information content (AvgIpc) is 2.87. The van der Waals surface area contributed by atoms with Crippen LogP contribution >= 0.6 is 0 Å². The molecule has 118 valence electrons. The first-order valence-corrected chi connectivity index (χ1v) is 8.91. The molecule has 2 rings (SSSR count). The molecule has 21 heavy (non-hydrogen) atoms. The van der Waals surface area contributed by atoms with E-state index in [-0.39, 0.29) is 23.5 Å². The van der Waals surface area contributed by atoms with Crippen molar-refractivity contribution in [2.45, 2.75) is 37.6 Å². The predicted octanol–water partition coefficient (Wildman–Crippen LogP) is 1.90. The van der Waals surface area contributed by atoms with Crippen LogP contribution in [0.4, 0.5) is 5.69 Å². The zero-order valence-electron chi connectivity index (χ0n) is 12.6. The number of aliphatic hydroxyl groups is 1. The van der Waals surface area contributed by atoms with E-state index in [2.05, 4.69) is 12.2 Å². The largest absolute Gasteiger partial charge is 0.395 e. The summed E-state index contributed by atoms with van der Waals surface area (Å²) in [5.74, 6) is 0.190. The highest BCUT2D eigenvalue weighted by Gasteiger charge is 2.39. The van der Waals surface area contributed by atoms with Crippen LogP contribution < -0.4 is 5.32 Å². The molecule has 1 aliphatic rings. The molecule has 0 aliphatic carbocycles. The van der Waals surface area contributed by atoms with Crippen molar-refractivity contribution in [1.29, 1.82) is 0 Å². The Morgan fingerprint density at radius 1 is 1.33 bits per heavy atom. The predicted molar refractivity (Wildman–Crippen MR) is 83.8 cm³/mol. The van der Waals surface area contributed by atoms with E-state index in [1.165, 1.54) is 4.31 Å². The third-order valence-corrected chi connectivity index (χ3v) is 6.00. The standard InChI is InChI=1S/C15H24N2O3S/c1-3-9-16-13-4-6-14(7-5-13)21(19,20)17-10-8-12(2)15(17)11-18/h4-7,12,15-16,18H,3,8-11H2,1-2H3. The van der Waals surface area contributed by atoms with Gasteiger partial charge in [0.25, 0.3) is 0 Å². The van der Waals surface area contributed by atoms with E-state index in [1.807, 2.05) is 6.92 Å². The number of hydrogen-bond acceptors (Lipinski definition) is 4. The Morgan fingerprint density at radius 2 is 2.00 bits per heavy atom. The summed E-state index contributed by atoms with van der Waals surface area (Å²) < 4.78 is 26.8. The Morgan fingerprint density at radius 3 is 2.57 bits per heavy atom. The van der Waals surface area contributed by atoms with Crippen LogP contribution in [0.3, 0.4) is 0 Å². The quantitative estimate of drug-likeness (QED) is 0.842. The van der Waals surface area contributed by atoms with Gasteiger partial charge in [-0.25, -0.2) is 8.42 Å². The van der Waals surface area contributed by atoms with Gasteiger partial charge in [0.15, 0.2) is 0 Å². The highest BCUT2D eigenvalue weighted by molar-refractivity contribution is 7.89. The minimum atomic E-state index is -3.52. The molecule has 6 heteroatoms. The molecule has 2 unspecified atom stereocenters. The van der Waals surface area contributed by atoms with Crippen molar-refractivity contribution in [3.05, 3.63) is 24.3 Å². The number of benzene rings is 1. The summed E-state index contributed by atoms with van der Waals surface area (Å²) in [6.45, 7) is 5.27. The summed E-state index contributed by atoms with van der Waals surface area (Å²) in [5.41, 5.74) is 0.921. The summed E-state index contributed by atoms with van der Waals surface area (Å²) in [7, 11) is -3.52. The van der Waals surface area contributed by atoms with E-state index in [4.69, 9.17) is 0 Å². The van der Waals surface area contributed by atoms with Crippen LogP contribution in [0.1, 0.15) is 26.7 Å². The van der Waals surface area contributed by atoms with E-state index >= 15 is 0 Å². The number of sulfonamides is 1. The monoisotopic (exact) mass is 312 g/mol. The fraction of sp³-hybridized carbons (Fsp3) is 0.600. The van der Waals surface area contributed by atoms with Crippen molar-refractivity contribution in [3.8, 4) is 0 Å². The highest BCUT2D eigenvalue weighted by atomic mass is 32.2. The molecular weight excluding hydrogens is 288 g/mol. The van der Waals surface area contributed by atoms with Crippen LogP contribution in [-0.2, 0) is 10.0 Å². The van der Waals surface area contributed by atoms with Crippen LogP contribution in [0, 0.1) is 5.92 Å². The molecule has 1 heterocycles. The third-order valence-electron chi connectivity index (χ3n) is 4.06. The number of hydrogen-bond donors (Lipinski definition) is 2. The third kappa shape index (κ3) is 3.39. The number of nitrogens with one attached hydrogen (secondary N) is 1. The summed E-state index contributed by atoms with van der Waals surface area (Å²) in [5, 5.41) is 12.7. The van der Waals surface area contributed by atoms with Gasteiger partial charge in [-0.1, -0.05) is 13.8 Å². The topological polar surface area (TPSA) is 69.6 Å². The summed E-state index contributed by atoms with van der Waals surface area (Å²) in [4.78, 5) is 0.289. The second kappa shape index (κ2) is 6.77. The highest BCUT2D eigenvalue weighted by Crippen LogP contribution is 2.30. The Labute approximate surface area is 127 Å². The minimum absolute atomic E-state index is 0.128. The number of aliphatic hydroxyl groups excluding tert-OH is 1. The zero-order valence-corrected chi connectivity index (χ0v) is 13.4. The first-order chi connectivity index (χ1) is 10.0. The molecule has 1 saturated heterocycles. The van der Waals surface area contributed by atoms with Crippen molar-refractivity contribution in [1.82, 2.24) is 4.31 Å². The van der Waals surface area contributed by atoms with Gasteiger partial charge in [-0.15, -0.1) is 0 Å². The first-order valence-electron chi connectivity index (χ1n) is 7.47. The van der Waals surface area contributed by atoms with Gasteiger partial charge in [0, 0.05) is 18.8 Å². The molecule has 0 amide bonds. The molecule has 0 radical (unpaired) electrons. The summed E-state index contributed by atoms with van der Waals surface area (Å²) in [6, 6.07) is 6.52. The maximum atomic E-state index is 12.7. The smallest absolute Gasteiger partial charge is 0.243 e. The normalized spacial score (nSPS) is 23.4. The van der Waals surface area contributed by atoms with Crippen LogP contribution in [0.25, 0.3) is 0 Å². The van der Waals surface area contributed by atoms with Gasteiger partial charge in [0.1, 0.15) is 0 Å². The lowest BCUT2D eigenvalue weighted by Crippen LogP contribution is -2.39. The second-order valence-corrected chi connectivity index (χ2v) is 7.47. The molecule has 0 aromatic heterocycles. The number of rotatable bonds is 6. The van der Waals surface area contributed by atoms with Crippen molar-refractivity contribution < 1.29 is 13.5 Å². The van der Waals surface area contributed by atoms with Crippen LogP contribution in [-0.4, -0.2) is 43.6 Å². The minimum Gasteiger partial charge on any atom is -0.395 e. The Balaban J connectivity index is 2.19. The fourth-order valence-electron chi connectivity index (χ4n) is 2.69. The Kier molecular flexibility index (Phi) is 5.24. The van der Waals surface area contributed by atoms with Gasteiger partial charge in [-0.2, -0.15) is 4.31 Å². The molecule has 1 fully saturated rings. The number of anilines is 1. The van der Waals surface area contributed by atoms with Gasteiger partial charge in [-0.05, 0) is 43.0 Å². The molecule has 0 saturated carbocycles. The average molecular weight is 312 g/mol. The first kappa shape index (κ1) is 16.3. The van der Waals surface area contributed by atoms with Crippen molar-refractivity contribution in [2.75, 3.05) is 25.0 Å². The van der Waals surface area contributed by atoms with Gasteiger partial charge < -0.3 is 10.4 Å². The molecule has 5 nitrogen and oxygen atoms in total. The molecule has 0 bridgehead atoms. The molecule has 2 N–H and O–H groups in total. The molecule has 1 aromatic carbocycles. The Bertz CT molecular complexity index is 557. The molecular formula is C15H24N2O3S. The van der Waals surface area contributed by atoms with E-state index in [0.717, 1.165) is 25.1 Å². The lowest BCUT2D eigenvalue weighted by Gasteiger charge is -2.24. The fourth-order valence-corrected chi connectivity index (χ4v) is 4.42. The lowest BCUT2D eigenvalue weighted by molar-refractivity contribution is 0.191. The van der Waals surface area contributed by atoms with E-state index in [0.29, 0.717) is 6.54 Å². The Hall–Kier alpha value is -1.11.